The number of amides is 3. The molecule has 14 heteroatoms. The zero-order valence-electron chi connectivity index (χ0n) is 22.6. The van der Waals surface area contributed by atoms with Crippen LogP contribution >= 0.6 is 11.8 Å². The number of carbonyl (C=O) groups excluding carboxylic acids is 2. The third-order valence-electron chi connectivity index (χ3n) is 6.24. The van der Waals surface area contributed by atoms with Crippen LogP contribution in [0.3, 0.4) is 0 Å². The Bertz CT molecular complexity index is 1090. The third-order valence-corrected chi connectivity index (χ3v) is 7.75. The average molecular weight is 631 g/mol. The average Bonchev–Trinajstić information content (AvgIpc) is 3.51. The zero-order valence-corrected chi connectivity index (χ0v) is 24.3. The van der Waals surface area contributed by atoms with Crippen molar-refractivity contribution >= 4 is 35.9 Å². The van der Waals surface area contributed by atoms with E-state index in [1.54, 1.807) is 17.3 Å². The Morgan fingerprint density at radius 1 is 1.10 bits per heavy atom. The van der Waals surface area contributed by atoms with Crippen molar-refractivity contribution in [3.8, 4) is 0 Å². The topological polar surface area (TPSA) is 191 Å². The van der Waals surface area contributed by atoms with Gasteiger partial charge in [0.1, 0.15) is 0 Å². The second-order valence-electron chi connectivity index (χ2n) is 9.05. The number of rotatable bonds is 13. The van der Waals surface area contributed by atoms with Crippen molar-refractivity contribution in [1.29, 1.82) is 5.53 Å². The van der Waals surface area contributed by atoms with Crippen LogP contribution in [-0.2, 0) is 21.9 Å². The van der Waals surface area contributed by atoms with E-state index in [1.165, 1.54) is 0 Å². The quantitative estimate of drug-likeness (QED) is 0.0651. The van der Waals surface area contributed by atoms with Crippen LogP contribution in [0.25, 0.3) is 22.6 Å². The first-order valence-corrected chi connectivity index (χ1v) is 14.0. The van der Waals surface area contributed by atoms with Crippen molar-refractivity contribution in [1.82, 2.24) is 30.8 Å². The first-order chi connectivity index (χ1) is 19.1. The molecule has 4 heterocycles. The van der Waals surface area contributed by atoms with E-state index in [9.17, 15) is 9.59 Å². The monoisotopic (exact) mass is 630 g/mol. The molecule has 3 amide bonds. The minimum Gasteiger partial charge on any atom is -0.412 e. The van der Waals surface area contributed by atoms with E-state index < -0.39 is 0 Å². The molecule has 0 aliphatic carbocycles. The van der Waals surface area contributed by atoms with E-state index in [0.717, 1.165) is 49.4 Å². The Morgan fingerprint density at radius 2 is 1.73 bits per heavy atom. The van der Waals surface area contributed by atoms with Gasteiger partial charge in [-0.2, -0.15) is 11.8 Å². The van der Waals surface area contributed by atoms with E-state index in [4.69, 9.17) is 11.1 Å². The van der Waals surface area contributed by atoms with Gasteiger partial charge >= 0.3 is 23.1 Å². The molecule has 223 valence electrons. The van der Waals surface area contributed by atoms with Gasteiger partial charge in [0.25, 0.3) is 0 Å². The number of nitrogens with one attached hydrogen (secondary N) is 4. The molecule has 1 radical (unpaired) electrons. The molecule has 0 unspecified atom stereocenters. The summed E-state index contributed by atoms with van der Waals surface area (Å²) in [6.07, 6.45) is 15.7. The standard InChI is InChI=1S/C27H34N6O2S.Cu.HN3.H2O/c34-25(11-2-1-10-24-26-23(20-36-24)31-27(35)32-26)30-16-7-17-33(18-12-21-8-3-5-14-28-21)19-13-22-9-4-6-15-29-22;;1-3-2;/h3-6,8-9,12-15,18-19,23-24,26H,1-2,7,10-11,16-17,20H2,(H,30,34)(H2,31,32,35);;1H;1H2/q;+2;;/b18-12-,19-13+;;;/t23-,24-,26-;;;/m0.../s1. The number of unbranched alkanes of at least 4 members (excludes halogenated alkanes) is 1. The molecule has 41 heavy (non-hydrogen) atoms. The van der Waals surface area contributed by atoms with Crippen LogP contribution in [0.2, 0.25) is 0 Å². The molecular weight excluding hydrogens is 594 g/mol. The van der Waals surface area contributed by atoms with Crippen LogP contribution in [0.1, 0.15) is 43.5 Å². The number of pyridine rings is 2. The van der Waals surface area contributed by atoms with Crippen molar-refractivity contribution in [3.05, 3.63) is 83.0 Å². The Balaban J connectivity index is 0.00000161. The Morgan fingerprint density at radius 3 is 2.32 bits per heavy atom. The van der Waals surface area contributed by atoms with Gasteiger partial charge in [-0.1, -0.05) is 18.6 Å². The second kappa shape index (κ2) is 20.4. The van der Waals surface area contributed by atoms with E-state index in [-0.39, 0.29) is 46.6 Å². The molecule has 0 spiro atoms. The van der Waals surface area contributed by atoms with Gasteiger partial charge in [-0.25, -0.2) is 4.79 Å². The van der Waals surface area contributed by atoms with Crippen LogP contribution in [-0.4, -0.2) is 68.5 Å². The molecule has 4 rings (SSSR count). The number of fused-ring (bicyclic) bond motifs is 1. The molecule has 2 fully saturated rings. The maximum Gasteiger partial charge on any atom is 2.00 e. The Labute approximate surface area is 255 Å². The molecule has 2 aromatic rings. The first-order valence-electron chi connectivity index (χ1n) is 13.0. The molecular formula is C27H37CuN9O3S+2. The minimum atomic E-state index is -0.0484. The van der Waals surface area contributed by atoms with Crippen molar-refractivity contribution in [3.63, 3.8) is 0 Å². The van der Waals surface area contributed by atoms with Crippen LogP contribution < -0.4 is 16.0 Å². The summed E-state index contributed by atoms with van der Waals surface area (Å²) in [6.45, 7) is 1.39. The summed E-state index contributed by atoms with van der Waals surface area (Å²) in [5.41, 5.74) is 14.0. The number of aromatic nitrogens is 2. The summed E-state index contributed by atoms with van der Waals surface area (Å²) in [4.78, 5) is 36.3. The predicted octanol–water partition coefficient (Wildman–Crippen LogP) is 3.70. The van der Waals surface area contributed by atoms with Crippen molar-refractivity contribution in [2.75, 3.05) is 18.8 Å². The van der Waals surface area contributed by atoms with Gasteiger partial charge in [-0.15, -0.1) is 5.53 Å². The van der Waals surface area contributed by atoms with Gasteiger partial charge in [0.2, 0.25) is 5.91 Å². The molecule has 2 aliphatic rings. The summed E-state index contributed by atoms with van der Waals surface area (Å²) < 4.78 is 0. The van der Waals surface area contributed by atoms with Crippen molar-refractivity contribution in [2.45, 2.75) is 49.4 Å². The molecule has 3 atom stereocenters. The number of urea groups is 1. The van der Waals surface area contributed by atoms with E-state index in [1.807, 2.05) is 72.7 Å². The normalized spacial score (nSPS) is 18.5. The summed E-state index contributed by atoms with van der Waals surface area (Å²) in [7, 11) is 0. The van der Waals surface area contributed by atoms with E-state index in [2.05, 4.69) is 30.8 Å². The molecule has 2 aromatic heterocycles. The fourth-order valence-corrected chi connectivity index (χ4v) is 5.89. The third kappa shape index (κ3) is 13.1. The maximum absolute atomic E-state index is 12.3. The van der Waals surface area contributed by atoms with Gasteiger partial charge in [0, 0.05) is 55.3 Å². The summed E-state index contributed by atoms with van der Waals surface area (Å²) in [6, 6.07) is 12.1. The largest absolute Gasteiger partial charge is 2.00 e. The van der Waals surface area contributed by atoms with Gasteiger partial charge < -0.3 is 26.3 Å². The summed E-state index contributed by atoms with van der Waals surface area (Å²) in [5, 5.41) is 9.49. The molecule has 0 bridgehead atoms. The minimum absolute atomic E-state index is 0. The number of hydrogen-bond donors (Lipinski definition) is 4. The van der Waals surface area contributed by atoms with Gasteiger partial charge in [0.15, 0.2) is 0 Å². The smallest absolute Gasteiger partial charge is 0.412 e. The number of hydrogen-bond acceptors (Lipinski definition) is 7. The summed E-state index contributed by atoms with van der Waals surface area (Å²) >= 11 is 1.92. The number of thioether (sulfide) groups is 1. The molecule has 0 saturated carbocycles. The number of carbonyl (C=O) groups is 2. The fourth-order valence-electron chi connectivity index (χ4n) is 4.34. The van der Waals surface area contributed by atoms with Crippen LogP contribution in [0, 0.1) is 5.53 Å². The molecule has 2 saturated heterocycles. The van der Waals surface area contributed by atoms with Crippen molar-refractivity contribution in [2.24, 2.45) is 0 Å². The SMILES string of the molecule is O.O=C(CCCC[C@@H]1SC[C@@H]2NC(=O)N[C@@H]21)NCCCN(/C=C\c1ccccn1)/C=C/c1ccccn1.[Cu+2].[N-]=[N+]=N. The number of nitrogens with zero attached hydrogens (tertiary/aromatic N) is 5. The van der Waals surface area contributed by atoms with Crippen molar-refractivity contribution < 1.29 is 32.1 Å². The zero-order chi connectivity index (χ0) is 27.7. The fraction of sp³-hybridized carbons (Fsp3) is 0.407. The Kier molecular flexibility index (Phi) is 17.6. The molecule has 6 N–H and O–H groups in total. The van der Waals surface area contributed by atoms with Crippen LogP contribution in [0.15, 0.2) is 61.2 Å². The second-order valence-corrected chi connectivity index (χ2v) is 10.3. The van der Waals surface area contributed by atoms with Gasteiger partial charge in [0.05, 0.1) is 23.5 Å². The molecule has 12 nitrogen and oxygen atoms in total. The molecule has 2 aliphatic heterocycles. The van der Waals surface area contributed by atoms with E-state index >= 15 is 0 Å². The van der Waals surface area contributed by atoms with Crippen LogP contribution in [0.4, 0.5) is 4.79 Å². The van der Waals surface area contributed by atoms with E-state index in [0.29, 0.717) is 18.2 Å². The van der Waals surface area contributed by atoms with Gasteiger partial charge in [-0.3, -0.25) is 14.8 Å². The summed E-state index contributed by atoms with van der Waals surface area (Å²) in [5.74, 6) is 1.07. The maximum atomic E-state index is 12.3. The Hall–Kier alpha value is -3.54. The molecule has 0 aromatic carbocycles. The predicted molar refractivity (Wildman–Crippen MR) is 158 cm³/mol. The van der Waals surface area contributed by atoms with Gasteiger partial charge in [-0.05, 0) is 66.1 Å². The van der Waals surface area contributed by atoms with Crippen LogP contribution in [0.5, 0.6) is 0 Å². The first kappa shape index (κ1) is 35.5.